The maximum Gasteiger partial charge on any atom is 0.123 e. The molecule has 0 aliphatic rings. The van der Waals surface area contributed by atoms with Gasteiger partial charge in [-0.1, -0.05) is 24.3 Å². The Bertz CT molecular complexity index is 546. The molecule has 0 nitrogen and oxygen atoms in total. The zero-order valence-corrected chi connectivity index (χ0v) is 12.3. The Hall–Kier alpha value is -1.12. The molecule has 0 unspecified atom stereocenters. The van der Waals surface area contributed by atoms with Crippen molar-refractivity contribution in [1.29, 1.82) is 0 Å². The SMILES string of the molecule is Fc1ccc(CC(CCl)(CCl)c2ccc(F)cc2)cc1. The van der Waals surface area contributed by atoms with E-state index in [0.29, 0.717) is 18.2 Å². The lowest BCUT2D eigenvalue weighted by Crippen LogP contribution is -2.33. The molecular formula is C16H14Cl2F2. The first-order chi connectivity index (χ1) is 9.59. The molecule has 20 heavy (non-hydrogen) atoms. The monoisotopic (exact) mass is 314 g/mol. The van der Waals surface area contributed by atoms with Gasteiger partial charge in [-0.25, -0.2) is 8.78 Å². The average molecular weight is 315 g/mol. The van der Waals surface area contributed by atoms with Gasteiger partial charge < -0.3 is 0 Å². The predicted octanol–water partition coefficient (Wildman–Crippen LogP) is 4.92. The van der Waals surface area contributed by atoms with Gasteiger partial charge in [-0.15, -0.1) is 23.2 Å². The lowest BCUT2D eigenvalue weighted by Gasteiger charge is -2.30. The maximum atomic E-state index is 13.0. The number of rotatable bonds is 5. The van der Waals surface area contributed by atoms with E-state index in [4.69, 9.17) is 23.2 Å². The largest absolute Gasteiger partial charge is 0.207 e. The van der Waals surface area contributed by atoms with E-state index in [1.807, 2.05) is 0 Å². The van der Waals surface area contributed by atoms with Crippen LogP contribution in [0.25, 0.3) is 0 Å². The van der Waals surface area contributed by atoms with Crippen LogP contribution in [0, 0.1) is 11.6 Å². The Labute approximate surface area is 127 Å². The molecule has 0 N–H and O–H groups in total. The summed E-state index contributed by atoms with van der Waals surface area (Å²) in [5.74, 6) is 0.0328. The van der Waals surface area contributed by atoms with E-state index in [0.717, 1.165) is 11.1 Å². The zero-order chi connectivity index (χ0) is 14.6. The third-order valence-corrected chi connectivity index (χ3v) is 4.45. The zero-order valence-electron chi connectivity index (χ0n) is 10.8. The van der Waals surface area contributed by atoms with E-state index in [-0.39, 0.29) is 11.6 Å². The van der Waals surface area contributed by atoms with Crippen molar-refractivity contribution in [2.45, 2.75) is 11.8 Å². The molecule has 2 aromatic rings. The Kier molecular flexibility index (Phi) is 5.00. The van der Waals surface area contributed by atoms with Crippen molar-refractivity contribution < 1.29 is 8.78 Å². The lowest BCUT2D eigenvalue weighted by molar-refractivity contribution is 0.532. The van der Waals surface area contributed by atoms with Crippen LogP contribution >= 0.6 is 23.2 Å². The Balaban J connectivity index is 2.33. The molecule has 0 bridgehead atoms. The van der Waals surface area contributed by atoms with Gasteiger partial charge in [-0.3, -0.25) is 0 Å². The molecule has 2 aromatic carbocycles. The Morgan fingerprint density at radius 2 is 1.20 bits per heavy atom. The van der Waals surface area contributed by atoms with Crippen LogP contribution in [0.3, 0.4) is 0 Å². The second-order valence-electron chi connectivity index (χ2n) is 4.86. The van der Waals surface area contributed by atoms with Gasteiger partial charge >= 0.3 is 0 Å². The van der Waals surface area contributed by atoms with Crippen molar-refractivity contribution in [3.8, 4) is 0 Å². The van der Waals surface area contributed by atoms with Crippen molar-refractivity contribution in [1.82, 2.24) is 0 Å². The maximum absolute atomic E-state index is 13.0. The van der Waals surface area contributed by atoms with Crippen LogP contribution in [0.5, 0.6) is 0 Å². The van der Waals surface area contributed by atoms with Crippen LogP contribution in [-0.2, 0) is 11.8 Å². The van der Waals surface area contributed by atoms with Gasteiger partial charge in [0.15, 0.2) is 0 Å². The molecule has 0 radical (unpaired) electrons. The fourth-order valence-corrected chi connectivity index (χ4v) is 2.97. The van der Waals surface area contributed by atoms with Crippen LogP contribution in [0.1, 0.15) is 11.1 Å². The molecule has 0 spiro atoms. The van der Waals surface area contributed by atoms with Crippen LogP contribution in [-0.4, -0.2) is 11.8 Å². The van der Waals surface area contributed by atoms with Crippen LogP contribution < -0.4 is 0 Å². The number of hydrogen-bond donors (Lipinski definition) is 0. The Morgan fingerprint density at radius 1 is 0.750 bits per heavy atom. The third kappa shape index (κ3) is 3.31. The summed E-state index contributed by atoms with van der Waals surface area (Å²) in [4.78, 5) is 0. The lowest BCUT2D eigenvalue weighted by atomic mass is 9.79. The molecule has 0 atom stereocenters. The van der Waals surface area contributed by atoms with Crippen molar-refractivity contribution in [2.24, 2.45) is 0 Å². The van der Waals surface area contributed by atoms with Gasteiger partial charge in [0, 0.05) is 17.2 Å². The fourth-order valence-electron chi connectivity index (χ4n) is 2.18. The number of alkyl halides is 2. The van der Waals surface area contributed by atoms with Gasteiger partial charge in [0.2, 0.25) is 0 Å². The van der Waals surface area contributed by atoms with Crippen LogP contribution in [0.4, 0.5) is 8.78 Å². The van der Waals surface area contributed by atoms with Gasteiger partial charge in [-0.2, -0.15) is 0 Å². The molecular weight excluding hydrogens is 301 g/mol. The topological polar surface area (TPSA) is 0 Å². The van der Waals surface area contributed by atoms with E-state index in [1.165, 1.54) is 24.3 Å². The summed E-state index contributed by atoms with van der Waals surface area (Å²) >= 11 is 12.3. The van der Waals surface area contributed by atoms with Gasteiger partial charge in [0.05, 0.1) is 0 Å². The molecule has 0 heterocycles. The van der Waals surface area contributed by atoms with E-state index in [9.17, 15) is 8.78 Å². The first-order valence-corrected chi connectivity index (χ1v) is 7.29. The highest BCUT2D eigenvalue weighted by Gasteiger charge is 2.31. The van der Waals surface area contributed by atoms with E-state index in [2.05, 4.69) is 0 Å². The molecule has 0 saturated heterocycles. The summed E-state index contributed by atoms with van der Waals surface area (Å²) in [5.41, 5.74) is 1.33. The molecule has 0 amide bonds. The fraction of sp³-hybridized carbons (Fsp3) is 0.250. The number of halogens is 4. The highest BCUT2D eigenvalue weighted by molar-refractivity contribution is 6.22. The number of benzene rings is 2. The van der Waals surface area contributed by atoms with Crippen molar-refractivity contribution in [3.63, 3.8) is 0 Å². The van der Waals surface area contributed by atoms with E-state index < -0.39 is 5.41 Å². The van der Waals surface area contributed by atoms with Gasteiger partial charge in [0.1, 0.15) is 11.6 Å². The van der Waals surface area contributed by atoms with E-state index >= 15 is 0 Å². The number of hydrogen-bond acceptors (Lipinski definition) is 0. The molecule has 0 fully saturated rings. The summed E-state index contributed by atoms with van der Waals surface area (Å²) in [6, 6.07) is 12.4. The molecule has 4 heteroatoms. The smallest absolute Gasteiger partial charge is 0.123 e. The molecule has 0 aromatic heterocycles. The standard InChI is InChI=1S/C16H14Cl2F2/c17-10-16(11-18,13-3-7-15(20)8-4-13)9-12-1-5-14(19)6-2-12/h1-8H,9-11H2. The summed E-state index contributed by atoms with van der Waals surface area (Å²) in [7, 11) is 0. The van der Waals surface area contributed by atoms with Gasteiger partial charge in [0.25, 0.3) is 0 Å². The van der Waals surface area contributed by atoms with Gasteiger partial charge in [-0.05, 0) is 41.8 Å². The summed E-state index contributed by atoms with van der Waals surface area (Å²) in [6.45, 7) is 0. The van der Waals surface area contributed by atoms with Crippen molar-refractivity contribution >= 4 is 23.2 Å². The average Bonchev–Trinajstić information content (AvgIpc) is 2.48. The van der Waals surface area contributed by atoms with Crippen molar-refractivity contribution in [3.05, 3.63) is 71.3 Å². The highest BCUT2D eigenvalue weighted by atomic mass is 35.5. The first-order valence-electron chi connectivity index (χ1n) is 6.22. The molecule has 106 valence electrons. The third-order valence-electron chi connectivity index (χ3n) is 3.42. The highest BCUT2D eigenvalue weighted by Crippen LogP contribution is 2.32. The second-order valence-corrected chi connectivity index (χ2v) is 5.39. The quantitative estimate of drug-likeness (QED) is 0.687. The van der Waals surface area contributed by atoms with Crippen molar-refractivity contribution in [2.75, 3.05) is 11.8 Å². The van der Waals surface area contributed by atoms with Crippen LogP contribution in [0.15, 0.2) is 48.5 Å². The normalized spacial score (nSPS) is 11.6. The molecule has 0 aliphatic carbocycles. The predicted molar refractivity (Wildman–Crippen MR) is 79.6 cm³/mol. The molecule has 0 saturated carbocycles. The summed E-state index contributed by atoms with van der Waals surface area (Å²) < 4.78 is 26.0. The minimum absolute atomic E-state index is 0.280. The Morgan fingerprint density at radius 3 is 1.65 bits per heavy atom. The summed E-state index contributed by atoms with van der Waals surface area (Å²) in [6.07, 6.45) is 0.575. The van der Waals surface area contributed by atoms with E-state index in [1.54, 1.807) is 24.3 Å². The second kappa shape index (κ2) is 6.55. The minimum Gasteiger partial charge on any atom is -0.207 e. The summed E-state index contributed by atoms with van der Waals surface area (Å²) in [5, 5.41) is 0. The van der Waals surface area contributed by atoms with Crippen LogP contribution in [0.2, 0.25) is 0 Å². The minimum atomic E-state index is -0.491. The molecule has 2 rings (SSSR count). The first kappa shape index (κ1) is 15.3. The molecule has 0 aliphatic heterocycles.